The zero-order valence-corrected chi connectivity index (χ0v) is 12.1. The van der Waals surface area contributed by atoms with Gasteiger partial charge in [-0.15, -0.1) is 0 Å². The highest BCUT2D eigenvalue weighted by Gasteiger charge is 2.37. The van der Waals surface area contributed by atoms with Crippen LogP contribution in [0.2, 0.25) is 0 Å². The van der Waals surface area contributed by atoms with Gasteiger partial charge < -0.3 is 10.0 Å². The standard InChI is InChI=1S/C17H21NO3/c19-16(20)9-8-13-6-3-4-10-18(13)17(21)15-11-12-5-1-2-7-14(12)15/h1-2,5,7,13,15H,3-4,6,8-11H2,(H,19,20). The van der Waals surface area contributed by atoms with Crippen LogP contribution in [0.4, 0.5) is 0 Å². The van der Waals surface area contributed by atoms with Crippen molar-refractivity contribution in [3.63, 3.8) is 0 Å². The number of piperidine rings is 1. The highest BCUT2D eigenvalue weighted by Crippen LogP contribution is 2.37. The summed E-state index contributed by atoms with van der Waals surface area (Å²) in [5, 5.41) is 8.86. The zero-order valence-electron chi connectivity index (χ0n) is 12.1. The molecule has 0 saturated carbocycles. The van der Waals surface area contributed by atoms with Crippen LogP contribution in [0.3, 0.4) is 0 Å². The summed E-state index contributed by atoms with van der Waals surface area (Å²) in [4.78, 5) is 25.5. The Morgan fingerprint density at radius 3 is 2.81 bits per heavy atom. The fourth-order valence-electron chi connectivity index (χ4n) is 3.56. The molecule has 0 spiro atoms. The Balaban J connectivity index is 1.69. The minimum atomic E-state index is -0.776. The molecule has 112 valence electrons. The molecular formula is C17H21NO3. The second kappa shape index (κ2) is 5.88. The van der Waals surface area contributed by atoms with Gasteiger partial charge in [0.15, 0.2) is 0 Å². The topological polar surface area (TPSA) is 57.6 Å². The van der Waals surface area contributed by atoms with Crippen LogP contribution in [-0.4, -0.2) is 34.5 Å². The van der Waals surface area contributed by atoms with E-state index < -0.39 is 5.97 Å². The van der Waals surface area contributed by atoms with Gasteiger partial charge in [0.1, 0.15) is 0 Å². The van der Waals surface area contributed by atoms with E-state index in [4.69, 9.17) is 5.11 Å². The largest absolute Gasteiger partial charge is 0.481 e. The molecule has 1 aromatic rings. The maximum Gasteiger partial charge on any atom is 0.303 e. The average Bonchev–Trinajstić information content (AvgIpc) is 2.46. The third-order valence-corrected chi connectivity index (χ3v) is 4.75. The number of aliphatic carboxylic acids is 1. The summed E-state index contributed by atoms with van der Waals surface area (Å²) < 4.78 is 0. The van der Waals surface area contributed by atoms with E-state index in [1.165, 1.54) is 5.56 Å². The molecule has 4 heteroatoms. The lowest BCUT2D eigenvalue weighted by Crippen LogP contribution is -2.48. The van der Waals surface area contributed by atoms with Crippen molar-refractivity contribution < 1.29 is 14.7 Å². The lowest BCUT2D eigenvalue weighted by molar-refractivity contribution is -0.141. The lowest BCUT2D eigenvalue weighted by Gasteiger charge is -2.40. The van der Waals surface area contributed by atoms with Crippen molar-refractivity contribution >= 4 is 11.9 Å². The second-order valence-corrected chi connectivity index (χ2v) is 6.07. The van der Waals surface area contributed by atoms with Crippen LogP contribution in [0, 0.1) is 0 Å². The van der Waals surface area contributed by atoms with Crippen molar-refractivity contribution in [3.8, 4) is 0 Å². The third kappa shape index (κ3) is 2.80. The van der Waals surface area contributed by atoms with E-state index in [1.807, 2.05) is 23.1 Å². The molecule has 1 fully saturated rings. The van der Waals surface area contributed by atoms with Crippen molar-refractivity contribution in [2.45, 2.75) is 50.5 Å². The minimum Gasteiger partial charge on any atom is -0.481 e. The fraction of sp³-hybridized carbons (Fsp3) is 0.529. The maximum absolute atomic E-state index is 12.8. The predicted molar refractivity (Wildman–Crippen MR) is 79.1 cm³/mol. The number of nitrogens with zero attached hydrogens (tertiary/aromatic N) is 1. The Kier molecular flexibility index (Phi) is 3.95. The summed E-state index contributed by atoms with van der Waals surface area (Å²) in [6.45, 7) is 0.780. The Labute approximate surface area is 124 Å². The first-order valence-electron chi connectivity index (χ1n) is 7.77. The van der Waals surface area contributed by atoms with Crippen LogP contribution in [0.1, 0.15) is 49.1 Å². The van der Waals surface area contributed by atoms with E-state index in [0.29, 0.717) is 6.42 Å². The Morgan fingerprint density at radius 2 is 2.05 bits per heavy atom. The lowest BCUT2D eigenvalue weighted by atomic mass is 9.76. The molecule has 1 N–H and O–H groups in total. The normalized spacial score (nSPS) is 24.1. The molecule has 1 aromatic carbocycles. The number of fused-ring (bicyclic) bond motifs is 1. The second-order valence-electron chi connectivity index (χ2n) is 6.07. The van der Waals surface area contributed by atoms with E-state index >= 15 is 0 Å². The zero-order chi connectivity index (χ0) is 14.8. The van der Waals surface area contributed by atoms with Crippen LogP contribution in [0.15, 0.2) is 24.3 Å². The minimum absolute atomic E-state index is 0.00775. The summed E-state index contributed by atoms with van der Waals surface area (Å²) >= 11 is 0. The van der Waals surface area contributed by atoms with Crippen molar-refractivity contribution in [2.75, 3.05) is 6.54 Å². The van der Waals surface area contributed by atoms with Gasteiger partial charge in [-0.05, 0) is 43.2 Å². The van der Waals surface area contributed by atoms with E-state index in [2.05, 4.69) is 6.07 Å². The number of carbonyl (C=O) groups is 2. The van der Waals surface area contributed by atoms with Crippen molar-refractivity contribution in [3.05, 3.63) is 35.4 Å². The molecule has 2 unspecified atom stereocenters. The SMILES string of the molecule is O=C(O)CCC1CCCCN1C(=O)C1Cc2ccccc21. The molecule has 1 saturated heterocycles. The highest BCUT2D eigenvalue weighted by atomic mass is 16.4. The summed E-state index contributed by atoms with van der Waals surface area (Å²) in [5.74, 6) is -0.586. The molecule has 1 amide bonds. The first-order chi connectivity index (χ1) is 10.2. The van der Waals surface area contributed by atoms with Crippen LogP contribution >= 0.6 is 0 Å². The van der Waals surface area contributed by atoms with Gasteiger partial charge >= 0.3 is 5.97 Å². The molecule has 3 rings (SSSR count). The quantitative estimate of drug-likeness (QED) is 0.926. The molecule has 0 radical (unpaired) electrons. The molecule has 0 aromatic heterocycles. The molecule has 1 aliphatic heterocycles. The van der Waals surface area contributed by atoms with Crippen molar-refractivity contribution in [1.82, 2.24) is 4.90 Å². The van der Waals surface area contributed by atoms with Crippen LogP contribution in [-0.2, 0) is 16.0 Å². The number of amides is 1. The number of hydrogen-bond donors (Lipinski definition) is 1. The molecule has 2 atom stereocenters. The van der Waals surface area contributed by atoms with Gasteiger partial charge in [-0.25, -0.2) is 0 Å². The van der Waals surface area contributed by atoms with Gasteiger partial charge in [0.05, 0.1) is 5.92 Å². The van der Waals surface area contributed by atoms with Crippen LogP contribution in [0.25, 0.3) is 0 Å². The molecule has 2 aliphatic rings. The Hall–Kier alpha value is -1.84. The summed E-state index contributed by atoms with van der Waals surface area (Å²) in [7, 11) is 0. The molecular weight excluding hydrogens is 266 g/mol. The van der Waals surface area contributed by atoms with Gasteiger partial charge in [0.2, 0.25) is 5.91 Å². The van der Waals surface area contributed by atoms with Gasteiger partial charge in [0, 0.05) is 19.0 Å². The average molecular weight is 287 g/mol. The first-order valence-corrected chi connectivity index (χ1v) is 7.77. The fourth-order valence-corrected chi connectivity index (χ4v) is 3.56. The van der Waals surface area contributed by atoms with Crippen molar-refractivity contribution in [1.29, 1.82) is 0 Å². The summed E-state index contributed by atoms with van der Waals surface area (Å²) in [6, 6.07) is 8.22. The number of likely N-dealkylation sites (tertiary alicyclic amines) is 1. The van der Waals surface area contributed by atoms with E-state index in [1.54, 1.807) is 0 Å². The summed E-state index contributed by atoms with van der Waals surface area (Å²) in [5.41, 5.74) is 2.43. The molecule has 4 nitrogen and oxygen atoms in total. The Bertz CT molecular complexity index is 555. The number of hydrogen-bond acceptors (Lipinski definition) is 2. The van der Waals surface area contributed by atoms with Gasteiger partial charge in [-0.3, -0.25) is 9.59 Å². The molecule has 0 bridgehead atoms. The number of carboxylic acid groups (broad SMARTS) is 1. The van der Waals surface area contributed by atoms with Gasteiger partial charge in [-0.2, -0.15) is 0 Å². The van der Waals surface area contributed by atoms with E-state index in [0.717, 1.165) is 37.8 Å². The van der Waals surface area contributed by atoms with E-state index in [9.17, 15) is 9.59 Å². The Morgan fingerprint density at radius 1 is 1.24 bits per heavy atom. The first kappa shape index (κ1) is 14.1. The molecule has 1 heterocycles. The highest BCUT2D eigenvalue weighted by molar-refractivity contribution is 5.87. The number of carbonyl (C=O) groups excluding carboxylic acids is 1. The summed E-state index contributed by atoms with van der Waals surface area (Å²) in [6.07, 6.45) is 4.62. The maximum atomic E-state index is 12.8. The number of rotatable bonds is 4. The van der Waals surface area contributed by atoms with Gasteiger partial charge in [0.25, 0.3) is 0 Å². The van der Waals surface area contributed by atoms with Crippen molar-refractivity contribution in [2.24, 2.45) is 0 Å². The van der Waals surface area contributed by atoms with E-state index in [-0.39, 0.29) is 24.3 Å². The predicted octanol–water partition coefficient (Wildman–Crippen LogP) is 2.57. The molecule has 1 aliphatic carbocycles. The number of benzene rings is 1. The smallest absolute Gasteiger partial charge is 0.303 e. The monoisotopic (exact) mass is 287 g/mol. The van der Waals surface area contributed by atoms with Crippen LogP contribution < -0.4 is 0 Å². The number of carboxylic acids is 1. The van der Waals surface area contributed by atoms with Crippen LogP contribution in [0.5, 0.6) is 0 Å². The van der Waals surface area contributed by atoms with Gasteiger partial charge in [-0.1, -0.05) is 24.3 Å². The molecule has 21 heavy (non-hydrogen) atoms. The third-order valence-electron chi connectivity index (χ3n) is 4.75.